The van der Waals surface area contributed by atoms with Gasteiger partial charge in [-0.05, 0) is 24.3 Å². The number of halogens is 1. The van der Waals surface area contributed by atoms with E-state index in [0.717, 1.165) is 16.7 Å². The molecule has 10 heteroatoms. The molecular weight excluding hydrogens is 359 g/mol. The quantitative estimate of drug-likeness (QED) is 0.541. The summed E-state index contributed by atoms with van der Waals surface area (Å²) in [5, 5.41) is 13.4. The molecule has 1 heterocycles. The van der Waals surface area contributed by atoms with Gasteiger partial charge in [0.15, 0.2) is 0 Å². The standard InChI is InChI=1S/C17H13FN4O5/c1-27-15-5-3-11(22(25)26)7-14(15)20-16(23)8-21-9-19-13-4-2-10(18)6-12(13)17(21)24/h2-7,9H,8H2,1H3,(H,20,23). The fourth-order valence-electron chi connectivity index (χ4n) is 2.50. The first-order valence-corrected chi connectivity index (χ1v) is 7.66. The summed E-state index contributed by atoms with van der Waals surface area (Å²) in [5.41, 5.74) is -0.422. The summed E-state index contributed by atoms with van der Waals surface area (Å²) >= 11 is 0. The molecule has 0 fully saturated rings. The van der Waals surface area contributed by atoms with E-state index in [4.69, 9.17) is 4.74 Å². The van der Waals surface area contributed by atoms with Gasteiger partial charge in [-0.25, -0.2) is 9.37 Å². The number of rotatable bonds is 5. The number of non-ortho nitro benzene ring substituents is 1. The predicted octanol–water partition coefficient (Wildman–Crippen LogP) is 2.09. The van der Waals surface area contributed by atoms with Crippen LogP contribution in [0.1, 0.15) is 0 Å². The molecule has 0 atom stereocenters. The van der Waals surface area contributed by atoms with Crippen LogP contribution >= 0.6 is 0 Å². The van der Waals surface area contributed by atoms with Gasteiger partial charge in [0, 0.05) is 12.1 Å². The van der Waals surface area contributed by atoms with Crippen molar-refractivity contribution in [2.75, 3.05) is 12.4 Å². The smallest absolute Gasteiger partial charge is 0.271 e. The van der Waals surface area contributed by atoms with Gasteiger partial charge in [0.1, 0.15) is 18.1 Å². The first-order valence-electron chi connectivity index (χ1n) is 7.66. The number of nitro benzene ring substituents is 1. The molecule has 0 saturated heterocycles. The molecule has 0 aliphatic carbocycles. The number of amides is 1. The van der Waals surface area contributed by atoms with Crippen molar-refractivity contribution in [3.8, 4) is 5.75 Å². The van der Waals surface area contributed by atoms with E-state index >= 15 is 0 Å². The number of hydrogen-bond donors (Lipinski definition) is 1. The Bertz CT molecular complexity index is 1110. The van der Waals surface area contributed by atoms with Crippen LogP contribution in [-0.4, -0.2) is 27.5 Å². The van der Waals surface area contributed by atoms with Gasteiger partial charge in [0.2, 0.25) is 5.91 Å². The molecule has 2 aromatic carbocycles. The van der Waals surface area contributed by atoms with E-state index in [-0.39, 0.29) is 22.5 Å². The first kappa shape index (κ1) is 18.0. The summed E-state index contributed by atoms with van der Waals surface area (Å²) < 4.78 is 19.4. The second-order valence-corrected chi connectivity index (χ2v) is 5.53. The van der Waals surface area contributed by atoms with E-state index in [1.54, 1.807) is 0 Å². The van der Waals surface area contributed by atoms with E-state index in [0.29, 0.717) is 5.52 Å². The van der Waals surface area contributed by atoms with Crippen LogP contribution in [-0.2, 0) is 11.3 Å². The van der Waals surface area contributed by atoms with Crippen molar-refractivity contribution in [3.05, 3.63) is 69.0 Å². The molecule has 3 aromatic rings. The summed E-state index contributed by atoms with van der Waals surface area (Å²) in [5.74, 6) is -1.00. The van der Waals surface area contributed by atoms with Crippen LogP contribution in [0.3, 0.4) is 0 Å². The molecule has 9 nitrogen and oxygen atoms in total. The first-order chi connectivity index (χ1) is 12.9. The van der Waals surface area contributed by atoms with E-state index < -0.39 is 28.8 Å². The third-order valence-corrected chi connectivity index (χ3v) is 3.77. The average Bonchev–Trinajstić information content (AvgIpc) is 2.64. The fraction of sp³-hybridized carbons (Fsp3) is 0.118. The number of nitro groups is 1. The molecule has 1 aromatic heterocycles. The third kappa shape index (κ3) is 3.73. The van der Waals surface area contributed by atoms with Crippen molar-refractivity contribution >= 4 is 28.2 Å². The highest BCUT2D eigenvalue weighted by molar-refractivity contribution is 5.92. The van der Waals surface area contributed by atoms with Crippen molar-refractivity contribution in [3.63, 3.8) is 0 Å². The van der Waals surface area contributed by atoms with Crippen LogP contribution in [0.4, 0.5) is 15.8 Å². The lowest BCUT2D eigenvalue weighted by Gasteiger charge is -2.11. The second-order valence-electron chi connectivity index (χ2n) is 5.53. The maximum Gasteiger partial charge on any atom is 0.271 e. The maximum atomic E-state index is 13.4. The summed E-state index contributed by atoms with van der Waals surface area (Å²) in [6, 6.07) is 7.32. The molecule has 1 N–H and O–H groups in total. The van der Waals surface area contributed by atoms with Crippen molar-refractivity contribution in [2.24, 2.45) is 0 Å². The average molecular weight is 372 g/mol. The fourth-order valence-corrected chi connectivity index (χ4v) is 2.50. The number of fused-ring (bicyclic) bond motifs is 1. The van der Waals surface area contributed by atoms with Crippen LogP contribution in [0, 0.1) is 15.9 Å². The van der Waals surface area contributed by atoms with E-state index in [1.165, 1.54) is 37.7 Å². The Labute approximate surface area is 151 Å². The summed E-state index contributed by atoms with van der Waals surface area (Å²) in [4.78, 5) is 39.0. The lowest BCUT2D eigenvalue weighted by Crippen LogP contribution is -2.28. The number of nitrogens with one attached hydrogen (secondary N) is 1. The summed E-state index contributed by atoms with van der Waals surface area (Å²) in [7, 11) is 1.35. The number of anilines is 1. The van der Waals surface area contributed by atoms with Gasteiger partial charge < -0.3 is 10.1 Å². The Kier molecular flexibility index (Phi) is 4.79. The molecule has 0 bridgehead atoms. The highest BCUT2D eigenvalue weighted by Crippen LogP contribution is 2.28. The molecule has 138 valence electrons. The van der Waals surface area contributed by atoms with Gasteiger partial charge in [0.05, 0.1) is 35.0 Å². The van der Waals surface area contributed by atoms with Crippen molar-refractivity contribution in [1.29, 1.82) is 0 Å². The third-order valence-electron chi connectivity index (χ3n) is 3.77. The minimum atomic E-state index is -0.631. The topological polar surface area (TPSA) is 116 Å². The van der Waals surface area contributed by atoms with E-state index in [2.05, 4.69) is 10.3 Å². The Balaban J connectivity index is 1.87. The highest BCUT2D eigenvalue weighted by Gasteiger charge is 2.15. The normalized spacial score (nSPS) is 10.6. The number of methoxy groups -OCH3 is 1. The molecule has 0 aliphatic heterocycles. The predicted molar refractivity (Wildman–Crippen MR) is 94.2 cm³/mol. The van der Waals surface area contributed by atoms with Gasteiger partial charge in [-0.2, -0.15) is 0 Å². The SMILES string of the molecule is COc1ccc([N+](=O)[O-])cc1NC(=O)Cn1cnc2ccc(F)cc2c1=O. The molecule has 0 aliphatic rings. The highest BCUT2D eigenvalue weighted by atomic mass is 19.1. The van der Waals surface area contributed by atoms with E-state index in [1.807, 2.05) is 0 Å². The minimum Gasteiger partial charge on any atom is -0.495 e. The van der Waals surface area contributed by atoms with Crippen LogP contribution in [0.2, 0.25) is 0 Å². The Morgan fingerprint density at radius 1 is 1.33 bits per heavy atom. The number of hydrogen-bond acceptors (Lipinski definition) is 6. The maximum absolute atomic E-state index is 13.4. The lowest BCUT2D eigenvalue weighted by atomic mass is 10.2. The summed E-state index contributed by atoms with van der Waals surface area (Å²) in [6.07, 6.45) is 1.17. The Hall–Kier alpha value is -3.82. The number of carbonyl (C=O) groups excluding carboxylic acids is 1. The number of carbonyl (C=O) groups is 1. The Morgan fingerprint density at radius 3 is 2.81 bits per heavy atom. The van der Waals surface area contributed by atoms with Gasteiger partial charge >= 0.3 is 0 Å². The Morgan fingerprint density at radius 2 is 2.11 bits per heavy atom. The van der Waals surface area contributed by atoms with Crippen molar-refractivity contribution in [1.82, 2.24) is 9.55 Å². The van der Waals surface area contributed by atoms with Crippen LogP contribution in [0.25, 0.3) is 10.9 Å². The number of aromatic nitrogens is 2. The molecule has 0 unspecified atom stereocenters. The van der Waals surface area contributed by atoms with Gasteiger partial charge in [-0.15, -0.1) is 0 Å². The molecule has 27 heavy (non-hydrogen) atoms. The van der Waals surface area contributed by atoms with Crippen LogP contribution in [0.5, 0.6) is 5.75 Å². The zero-order valence-corrected chi connectivity index (χ0v) is 14.0. The van der Waals surface area contributed by atoms with Gasteiger partial charge in [-0.3, -0.25) is 24.3 Å². The molecular formula is C17H13FN4O5. The van der Waals surface area contributed by atoms with Crippen molar-refractivity contribution < 1.29 is 18.8 Å². The zero-order chi connectivity index (χ0) is 19.6. The molecule has 3 rings (SSSR count). The van der Waals surface area contributed by atoms with Crippen LogP contribution in [0.15, 0.2) is 47.5 Å². The van der Waals surface area contributed by atoms with Gasteiger partial charge in [0.25, 0.3) is 11.2 Å². The lowest BCUT2D eigenvalue weighted by molar-refractivity contribution is -0.384. The molecule has 0 radical (unpaired) electrons. The largest absolute Gasteiger partial charge is 0.495 e. The van der Waals surface area contributed by atoms with Gasteiger partial charge in [-0.1, -0.05) is 0 Å². The molecule has 1 amide bonds. The number of benzene rings is 2. The minimum absolute atomic E-state index is 0.0400. The van der Waals surface area contributed by atoms with E-state index in [9.17, 15) is 24.1 Å². The number of nitrogens with zero attached hydrogens (tertiary/aromatic N) is 3. The monoisotopic (exact) mass is 372 g/mol. The molecule has 0 saturated carbocycles. The number of ether oxygens (including phenoxy) is 1. The zero-order valence-electron chi connectivity index (χ0n) is 14.0. The molecule has 0 spiro atoms. The summed E-state index contributed by atoms with van der Waals surface area (Å²) in [6.45, 7) is -0.413. The second kappa shape index (κ2) is 7.20. The van der Waals surface area contributed by atoms with Crippen molar-refractivity contribution in [2.45, 2.75) is 6.54 Å². The van der Waals surface area contributed by atoms with Crippen LogP contribution < -0.4 is 15.6 Å².